The Labute approximate surface area is 121 Å². The predicted molar refractivity (Wildman–Crippen MR) is 82.4 cm³/mol. The Kier molecular flexibility index (Phi) is 4.58. The molecule has 2 aromatic carbocycles. The van der Waals surface area contributed by atoms with Crippen LogP contribution in [0.1, 0.15) is 5.56 Å². The minimum absolute atomic E-state index is 0.0659. The van der Waals surface area contributed by atoms with Crippen molar-refractivity contribution >= 4 is 33.2 Å². The van der Waals surface area contributed by atoms with Crippen LogP contribution in [0.25, 0.3) is 0 Å². The van der Waals surface area contributed by atoms with Gasteiger partial charge in [0.05, 0.1) is 6.54 Å². The molecule has 0 aliphatic rings. The summed E-state index contributed by atoms with van der Waals surface area (Å²) in [5.41, 5.74) is 2.91. The SMILES string of the molecule is Cc1cccc(NCC(=O)Nc2ccc(Br)cc2)c1. The fourth-order valence-electron chi connectivity index (χ4n) is 1.68. The lowest BCUT2D eigenvalue weighted by Gasteiger charge is -2.08. The smallest absolute Gasteiger partial charge is 0.243 e. The predicted octanol–water partition coefficient (Wildman–Crippen LogP) is 3.81. The van der Waals surface area contributed by atoms with Gasteiger partial charge >= 0.3 is 0 Å². The summed E-state index contributed by atoms with van der Waals surface area (Å²) in [4.78, 5) is 11.8. The lowest BCUT2D eigenvalue weighted by Crippen LogP contribution is -2.21. The van der Waals surface area contributed by atoms with E-state index in [0.717, 1.165) is 15.8 Å². The van der Waals surface area contributed by atoms with E-state index in [-0.39, 0.29) is 12.5 Å². The Morgan fingerprint density at radius 1 is 1.11 bits per heavy atom. The molecule has 0 fully saturated rings. The van der Waals surface area contributed by atoms with Crippen molar-refractivity contribution in [2.24, 2.45) is 0 Å². The van der Waals surface area contributed by atoms with Crippen LogP contribution in [-0.2, 0) is 4.79 Å². The Morgan fingerprint density at radius 3 is 2.53 bits per heavy atom. The maximum Gasteiger partial charge on any atom is 0.243 e. The summed E-state index contributed by atoms with van der Waals surface area (Å²) >= 11 is 3.35. The first-order chi connectivity index (χ1) is 9.13. The highest BCUT2D eigenvalue weighted by atomic mass is 79.9. The van der Waals surface area contributed by atoms with Crippen LogP contribution in [0.3, 0.4) is 0 Å². The van der Waals surface area contributed by atoms with Crippen LogP contribution in [0.2, 0.25) is 0 Å². The molecule has 0 spiro atoms. The molecule has 0 atom stereocenters. The molecule has 0 unspecified atom stereocenters. The molecule has 0 saturated heterocycles. The van der Waals surface area contributed by atoms with Gasteiger partial charge in [0.2, 0.25) is 5.91 Å². The van der Waals surface area contributed by atoms with Gasteiger partial charge in [0.1, 0.15) is 0 Å². The van der Waals surface area contributed by atoms with Crippen LogP contribution in [0.5, 0.6) is 0 Å². The molecule has 3 nitrogen and oxygen atoms in total. The van der Waals surface area contributed by atoms with Crippen molar-refractivity contribution in [1.29, 1.82) is 0 Å². The lowest BCUT2D eigenvalue weighted by molar-refractivity contribution is -0.114. The highest BCUT2D eigenvalue weighted by molar-refractivity contribution is 9.10. The fraction of sp³-hybridized carbons (Fsp3) is 0.133. The zero-order valence-corrected chi connectivity index (χ0v) is 12.2. The normalized spacial score (nSPS) is 10.0. The standard InChI is InChI=1S/C15H15BrN2O/c1-11-3-2-4-14(9-11)17-10-15(19)18-13-7-5-12(16)6-8-13/h2-9,17H,10H2,1H3,(H,18,19). The Hall–Kier alpha value is -1.81. The number of nitrogens with one attached hydrogen (secondary N) is 2. The molecule has 0 heterocycles. The third-order valence-corrected chi connectivity index (χ3v) is 3.13. The van der Waals surface area contributed by atoms with Gasteiger partial charge in [-0.25, -0.2) is 0 Å². The van der Waals surface area contributed by atoms with Crippen molar-refractivity contribution in [3.8, 4) is 0 Å². The molecular formula is C15H15BrN2O. The molecule has 0 bridgehead atoms. The summed E-state index contributed by atoms with van der Waals surface area (Å²) < 4.78 is 0.989. The quantitative estimate of drug-likeness (QED) is 0.900. The Morgan fingerprint density at radius 2 is 1.84 bits per heavy atom. The van der Waals surface area contributed by atoms with Crippen LogP contribution in [0.4, 0.5) is 11.4 Å². The average molecular weight is 319 g/mol. The largest absolute Gasteiger partial charge is 0.376 e. The topological polar surface area (TPSA) is 41.1 Å². The zero-order valence-electron chi connectivity index (χ0n) is 10.6. The van der Waals surface area contributed by atoms with E-state index in [9.17, 15) is 4.79 Å². The molecule has 2 N–H and O–H groups in total. The first-order valence-corrected chi connectivity index (χ1v) is 6.79. The summed E-state index contributed by atoms with van der Waals surface area (Å²) in [6.45, 7) is 2.27. The van der Waals surface area contributed by atoms with Crippen LogP contribution in [-0.4, -0.2) is 12.5 Å². The molecular weight excluding hydrogens is 304 g/mol. The van der Waals surface area contributed by atoms with Crippen molar-refractivity contribution < 1.29 is 4.79 Å². The zero-order chi connectivity index (χ0) is 13.7. The van der Waals surface area contributed by atoms with E-state index in [1.807, 2.05) is 55.5 Å². The summed E-state index contributed by atoms with van der Waals surface area (Å²) in [6, 6.07) is 15.4. The number of amides is 1. The minimum Gasteiger partial charge on any atom is -0.376 e. The third kappa shape index (κ3) is 4.41. The van der Waals surface area contributed by atoms with Crippen LogP contribution in [0.15, 0.2) is 53.0 Å². The molecule has 0 aliphatic heterocycles. The van der Waals surface area contributed by atoms with Gasteiger partial charge in [0, 0.05) is 15.8 Å². The summed E-state index contributed by atoms with van der Waals surface area (Å²) in [7, 11) is 0. The number of benzene rings is 2. The Bertz CT molecular complexity index is 567. The van der Waals surface area contributed by atoms with Crippen molar-refractivity contribution in [3.63, 3.8) is 0 Å². The molecule has 19 heavy (non-hydrogen) atoms. The molecule has 0 saturated carbocycles. The van der Waals surface area contributed by atoms with Crippen molar-refractivity contribution in [3.05, 3.63) is 58.6 Å². The second kappa shape index (κ2) is 6.38. The summed E-state index contributed by atoms with van der Waals surface area (Å²) in [6.07, 6.45) is 0. The van der Waals surface area contributed by atoms with Crippen LogP contribution in [0, 0.1) is 6.92 Å². The average Bonchev–Trinajstić information content (AvgIpc) is 2.39. The molecule has 4 heteroatoms. The highest BCUT2D eigenvalue weighted by Crippen LogP contribution is 2.14. The van der Waals surface area contributed by atoms with Crippen molar-refractivity contribution in [1.82, 2.24) is 0 Å². The molecule has 98 valence electrons. The van der Waals surface area contributed by atoms with E-state index in [0.29, 0.717) is 0 Å². The lowest BCUT2D eigenvalue weighted by atomic mass is 10.2. The van der Waals surface area contributed by atoms with Gasteiger partial charge in [-0.05, 0) is 48.9 Å². The van der Waals surface area contributed by atoms with Gasteiger partial charge in [0.15, 0.2) is 0 Å². The van der Waals surface area contributed by atoms with E-state index in [1.54, 1.807) is 0 Å². The second-order valence-corrected chi connectivity index (χ2v) is 5.19. The number of hydrogen-bond acceptors (Lipinski definition) is 2. The number of carbonyl (C=O) groups is 1. The number of anilines is 2. The van der Waals surface area contributed by atoms with Gasteiger partial charge in [-0.1, -0.05) is 28.1 Å². The summed E-state index contributed by atoms with van der Waals surface area (Å²) in [5, 5.41) is 5.93. The molecule has 0 aromatic heterocycles. The van der Waals surface area contributed by atoms with Crippen LogP contribution < -0.4 is 10.6 Å². The number of rotatable bonds is 4. The monoisotopic (exact) mass is 318 g/mol. The third-order valence-electron chi connectivity index (χ3n) is 2.60. The van der Waals surface area contributed by atoms with Crippen molar-refractivity contribution in [2.75, 3.05) is 17.2 Å². The maximum absolute atomic E-state index is 11.8. The number of aryl methyl sites for hydroxylation is 1. The van der Waals surface area contributed by atoms with Gasteiger partial charge in [-0.2, -0.15) is 0 Å². The molecule has 2 rings (SSSR count). The number of hydrogen-bond donors (Lipinski definition) is 2. The second-order valence-electron chi connectivity index (χ2n) is 4.28. The van der Waals surface area contributed by atoms with E-state index in [1.165, 1.54) is 5.56 Å². The van der Waals surface area contributed by atoms with E-state index in [2.05, 4.69) is 26.6 Å². The highest BCUT2D eigenvalue weighted by Gasteiger charge is 2.02. The molecule has 0 radical (unpaired) electrons. The number of carbonyl (C=O) groups excluding carboxylic acids is 1. The number of halogens is 1. The first-order valence-electron chi connectivity index (χ1n) is 5.99. The molecule has 2 aromatic rings. The minimum atomic E-state index is -0.0659. The fourth-order valence-corrected chi connectivity index (χ4v) is 1.94. The van der Waals surface area contributed by atoms with E-state index in [4.69, 9.17) is 0 Å². The van der Waals surface area contributed by atoms with Gasteiger partial charge in [-0.15, -0.1) is 0 Å². The first kappa shape index (κ1) is 13.6. The van der Waals surface area contributed by atoms with Crippen LogP contribution >= 0.6 is 15.9 Å². The molecule has 0 aliphatic carbocycles. The summed E-state index contributed by atoms with van der Waals surface area (Å²) in [5.74, 6) is -0.0659. The van der Waals surface area contributed by atoms with Gasteiger partial charge < -0.3 is 10.6 Å². The maximum atomic E-state index is 11.8. The molecule has 1 amide bonds. The van der Waals surface area contributed by atoms with E-state index < -0.39 is 0 Å². The van der Waals surface area contributed by atoms with E-state index >= 15 is 0 Å². The van der Waals surface area contributed by atoms with Crippen molar-refractivity contribution in [2.45, 2.75) is 6.92 Å². The Balaban J connectivity index is 1.86. The van der Waals surface area contributed by atoms with Gasteiger partial charge in [-0.3, -0.25) is 4.79 Å². The van der Waals surface area contributed by atoms with Gasteiger partial charge in [0.25, 0.3) is 0 Å².